The van der Waals surface area contributed by atoms with Gasteiger partial charge >= 0.3 is 0 Å². The fourth-order valence-corrected chi connectivity index (χ4v) is 2.31. The molecule has 134 valence electrons. The minimum atomic E-state index is 0.500. The van der Waals surface area contributed by atoms with E-state index in [0.717, 1.165) is 17.2 Å². The van der Waals surface area contributed by atoms with Crippen LogP contribution in [0.5, 0.6) is 11.5 Å². The number of hydrogen-bond donors (Lipinski definition) is 1. The first-order valence-corrected chi connectivity index (χ1v) is 8.25. The molecule has 0 fully saturated rings. The van der Waals surface area contributed by atoms with E-state index in [-0.39, 0.29) is 0 Å². The molecule has 1 aromatic heterocycles. The number of benzene rings is 2. The standard InChI is InChI=1S/C19H21N5O2/c1-24(15-6-4-3-5-7-15)19-22-18(14-21-23-19)20-12-13-26-17-10-8-16(25-2)9-11-17/h3-11,14H,12-13H2,1-2H3,(H,20,22,23). The monoisotopic (exact) mass is 351 g/mol. The highest BCUT2D eigenvalue weighted by atomic mass is 16.5. The minimum Gasteiger partial charge on any atom is -0.497 e. The van der Waals surface area contributed by atoms with Crippen molar-refractivity contribution in [1.29, 1.82) is 0 Å². The molecule has 0 atom stereocenters. The summed E-state index contributed by atoms with van der Waals surface area (Å²) in [5.41, 5.74) is 0.995. The normalized spacial score (nSPS) is 10.2. The molecule has 7 nitrogen and oxygen atoms in total. The minimum absolute atomic E-state index is 0.500. The lowest BCUT2D eigenvalue weighted by atomic mass is 10.3. The van der Waals surface area contributed by atoms with E-state index in [2.05, 4.69) is 20.5 Å². The molecule has 0 aliphatic carbocycles. The van der Waals surface area contributed by atoms with Crippen molar-refractivity contribution < 1.29 is 9.47 Å². The number of methoxy groups -OCH3 is 1. The molecular weight excluding hydrogens is 330 g/mol. The zero-order valence-corrected chi connectivity index (χ0v) is 14.8. The van der Waals surface area contributed by atoms with E-state index in [1.807, 2.05) is 66.5 Å². The maximum atomic E-state index is 5.68. The van der Waals surface area contributed by atoms with Gasteiger partial charge in [-0.1, -0.05) is 18.2 Å². The van der Waals surface area contributed by atoms with Crippen LogP contribution in [0.25, 0.3) is 0 Å². The Morgan fingerprint density at radius 1 is 1.00 bits per heavy atom. The summed E-state index contributed by atoms with van der Waals surface area (Å²) in [6, 6.07) is 17.4. The molecule has 0 radical (unpaired) electrons. The lowest BCUT2D eigenvalue weighted by Crippen LogP contribution is -2.17. The van der Waals surface area contributed by atoms with Crippen molar-refractivity contribution in [2.75, 3.05) is 37.5 Å². The van der Waals surface area contributed by atoms with Crippen molar-refractivity contribution in [1.82, 2.24) is 15.2 Å². The Morgan fingerprint density at radius 3 is 2.46 bits per heavy atom. The van der Waals surface area contributed by atoms with Crippen LogP contribution in [0.4, 0.5) is 17.5 Å². The Kier molecular flexibility index (Phi) is 5.82. The van der Waals surface area contributed by atoms with Gasteiger partial charge in [-0.2, -0.15) is 10.1 Å². The van der Waals surface area contributed by atoms with E-state index in [1.54, 1.807) is 13.3 Å². The van der Waals surface area contributed by atoms with Crippen molar-refractivity contribution >= 4 is 17.5 Å². The van der Waals surface area contributed by atoms with Gasteiger partial charge in [0.25, 0.3) is 5.95 Å². The van der Waals surface area contributed by atoms with Crippen LogP contribution < -0.4 is 19.7 Å². The molecule has 26 heavy (non-hydrogen) atoms. The summed E-state index contributed by atoms with van der Waals surface area (Å²) in [4.78, 5) is 6.37. The molecule has 2 aromatic carbocycles. The third-order valence-electron chi connectivity index (χ3n) is 3.73. The number of para-hydroxylation sites is 1. The summed E-state index contributed by atoms with van der Waals surface area (Å²) < 4.78 is 10.8. The van der Waals surface area contributed by atoms with E-state index in [9.17, 15) is 0 Å². The summed E-state index contributed by atoms with van der Waals surface area (Å²) in [5, 5.41) is 11.3. The van der Waals surface area contributed by atoms with Crippen LogP contribution in [0, 0.1) is 0 Å². The van der Waals surface area contributed by atoms with Crippen LogP contribution in [0.3, 0.4) is 0 Å². The van der Waals surface area contributed by atoms with E-state index < -0.39 is 0 Å². The summed E-state index contributed by atoms with van der Waals surface area (Å²) in [6.07, 6.45) is 1.59. The Labute approximate surface area is 152 Å². The van der Waals surface area contributed by atoms with Crippen molar-refractivity contribution in [3.8, 4) is 11.5 Å². The largest absolute Gasteiger partial charge is 0.497 e. The SMILES string of the molecule is COc1ccc(OCCNc2cnnc(N(C)c3ccccc3)n2)cc1. The predicted octanol–water partition coefficient (Wildman–Crippen LogP) is 3.14. The van der Waals surface area contributed by atoms with Gasteiger partial charge in [0, 0.05) is 12.7 Å². The highest BCUT2D eigenvalue weighted by Crippen LogP contribution is 2.19. The molecule has 0 aliphatic heterocycles. The van der Waals surface area contributed by atoms with Crippen LogP contribution in [-0.2, 0) is 0 Å². The molecule has 7 heteroatoms. The maximum absolute atomic E-state index is 5.68. The molecule has 0 saturated carbocycles. The molecule has 0 spiro atoms. The lowest BCUT2D eigenvalue weighted by Gasteiger charge is -2.17. The van der Waals surface area contributed by atoms with E-state index in [4.69, 9.17) is 9.47 Å². The van der Waals surface area contributed by atoms with Crippen LogP contribution in [0.1, 0.15) is 0 Å². The number of anilines is 3. The van der Waals surface area contributed by atoms with Gasteiger partial charge in [-0.05, 0) is 36.4 Å². The zero-order valence-electron chi connectivity index (χ0n) is 14.8. The topological polar surface area (TPSA) is 72.4 Å². The van der Waals surface area contributed by atoms with Gasteiger partial charge in [-0.25, -0.2) is 0 Å². The highest BCUT2D eigenvalue weighted by Gasteiger charge is 2.08. The zero-order chi connectivity index (χ0) is 18.2. The summed E-state index contributed by atoms with van der Waals surface area (Å²) in [5.74, 6) is 2.77. The summed E-state index contributed by atoms with van der Waals surface area (Å²) in [6.45, 7) is 1.10. The molecule has 0 unspecified atom stereocenters. The first-order valence-electron chi connectivity index (χ1n) is 8.25. The van der Waals surface area contributed by atoms with Crippen LogP contribution >= 0.6 is 0 Å². The van der Waals surface area contributed by atoms with Crippen LogP contribution in [-0.4, -0.2) is 42.5 Å². The number of hydrogen-bond acceptors (Lipinski definition) is 7. The number of ether oxygens (including phenoxy) is 2. The maximum Gasteiger partial charge on any atom is 0.251 e. The Hall–Kier alpha value is -3.35. The van der Waals surface area contributed by atoms with E-state index >= 15 is 0 Å². The highest BCUT2D eigenvalue weighted by molar-refractivity contribution is 5.56. The molecule has 3 rings (SSSR count). The molecule has 1 N–H and O–H groups in total. The number of nitrogens with one attached hydrogen (secondary N) is 1. The Balaban J connectivity index is 1.52. The average molecular weight is 351 g/mol. The van der Waals surface area contributed by atoms with Gasteiger partial charge in [-0.15, -0.1) is 5.10 Å². The van der Waals surface area contributed by atoms with Crippen LogP contribution in [0.2, 0.25) is 0 Å². The van der Waals surface area contributed by atoms with Gasteiger partial charge in [0.15, 0.2) is 5.82 Å². The van der Waals surface area contributed by atoms with Gasteiger partial charge in [0.1, 0.15) is 18.1 Å². The summed E-state index contributed by atoms with van der Waals surface area (Å²) in [7, 11) is 3.54. The molecule has 0 aliphatic rings. The molecule has 0 amide bonds. The number of aromatic nitrogens is 3. The van der Waals surface area contributed by atoms with Crippen molar-refractivity contribution in [2.45, 2.75) is 0 Å². The molecule has 1 heterocycles. The number of rotatable bonds is 8. The molecule has 3 aromatic rings. The quantitative estimate of drug-likeness (QED) is 0.625. The summed E-state index contributed by atoms with van der Waals surface area (Å²) >= 11 is 0. The Bertz CT molecular complexity index is 812. The molecule has 0 bridgehead atoms. The predicted molar refractivity (Wildman–Crippen MR) is 101 cm³/mol. The fourth-order valence-electron chi connectivity index (χ4n) is 2.31. The lowest BCUT2D eigenvalue weighted by molar-refractivity contribution is 0.331. The van der Waals surface area contributed by atoms with Crippen molar-refractivity contribution in [3.63, 3.8) is 0 Å². The van der Waals surface area contributed by atoms with Gasteiger partial charge in [0.2, 0.25) is 0 Å². The van der Waals surface area contributed by atoms with Crippen molar-refractivity contribution in [3.05, 3.63) is 60.8 Å². The average Bonchev–Trinajstić information content (AvgIpc) is 2.72. The molecular formula is C19H21N5O2. The number of nitrogens with zero attached hydrogens (tertiary/aromatic N) is 4. The first kappa shape index (κ1) is 17.5. The second kappa shape index (κ2) is 8.66. The van der Waals surface area contributed by atoms with Gasteiger partial charge in [0.05, 0.1) is 19.9 Å². The van der Waals surface area contributed by atoms with Crippen LogP contribution in [0.15, 0.2) is 60.8 Å². The second-order valence-corrected chi connectivity index (χ2v) is 5.49. The Morgan fingerprint density at radius 2 is 1.73 bits per heavy atom. The van der Waals surface area contributed by atoms with E-state index in [1.165, 1.54) is 0 Å². The third-order valence-corrected chi connectivity index (χ3v) is 3.73. The second-order valence-electron chi connectivity index (χ2n) is 5.49. The van der Waals surface area contributed by atoms with Gasteiger partial charge < -0.3 is 19.7 Å². The van der Waals surface area contributed by atoms with E-state index in [0.29, 0.717) is 24.9 Å². The van der Waals surface area contributed by atoms with Crippen molar-refractivity contribution in [2.24, 2.45) is 0 Å². The first-order chi connectivity index (χ1) is 12.8. The third kappa shape index (κ3) is 4.60. The van der Waals surface area contributed by atoms with Gasteiger partial charge in [-0.3, -0.25) is 0 Å². The smallest absolute Gasteiger partial charge is 0.251 e. The fraction of sp³-hybridized carbons (Fsp3) is 0.211. The molecule has 0 saturated heterocycles.